The summed E-state index contributed by atoms with van der Waals surface area (Å²) in [5, 5.41) is 0. The van der Waals surface area contributed by atoms with Crippen LogP contribution in [-0.4, -0.2) is 9.66 Å². The molecule has 0 fully saturated rings. The molecular weight excluding hydrogens is 187 g/mol. The van der Waals surface area contributed by atoms with Gasteiger partial charge in [-0.3, -0.25) is 0 Å². The molecule has 0 aliphatic carbocycles. The van der Waals surface area contributed by atoms with Crippen LogP contribution in [-0.2, 0) is 0 Å². The molecule has 1 unspecified atom stereocenters. The van der Waals surface area contributed by atoms with Crippen LogP contribution >= 0.6 is 39.1 Å². The molecule has 0 nitrogen and oxygen atoms in total. The Bertz CT molecular complexity index is 29.8. The summed E-state index contributed by atoms with van der Waals surface area (Å²) in [5.41, 5.74) is 0. The SMILES string of the molecule is CC(Br)C(Cl)Cl. The molecule has 0 saturated carbocycles. The molecule has 1 atom stereocenters. The van der Waals surface area contributed by atoms with E-state index in [0.717, 1.165) is 0 Å². The van der Waals surface area contributed by atoms with E-state index in [0.29, 0.717) is 0 Å². The van der Waals surface area contributed by atoms with Gasteiger partial charge in [0.05, 0.1) is 0 Å². The summed E-state index contributed by atoms with van der Waals surface area (Å²) in [6.07, 6.45) is 0. The first-order valence-corrected chi connectivity index (χ1v) is 3.35. The maximum atomic E-state index is 5.33. The maximum Gasteiger partial charge on any atom is 0.120 e. The molecule has 0 bridgehead atoms. The lowest BCUT2D eigenvalue weighted by atomic mass is 10.6. The minimum atomic E-state index is -0.287. The molecule has 0 heterocycles. The lowest BCUT2D eigenvalue weighted by Gasteiger charge is -1.98. The second-order valence-corrected chi connectivity index (χ2v) is 3.62. The van der Waals surface area contributed by atoms with Crippen LogP contribution in [0.1, 0.15) is 6.92 Å². The second-order valence-electron chi connectivity index (χ2n) is 1.01. The first kappa shape index (κ1) is 7.06. The topological polar surface area (TPSA) is 0 Å². The quantitative estimate of drug-likeness (QED) is 0.560. The van der Waals surface area contributed by atoms with Crippen LogP contribution in [0.5, 0.6) is 0 Å². The van der Waals surface area contributed by atoms with Crippen LogP contribution in [0.25, 0.3) is 0 Å². The van der Waals surface area contributed by atoms with E-state index < -0.39 is 0 Å². The van der Waals surface area contributed by atoms with Gasteiger partial charge in [-0.1, -0.05) is 22.9 Å². The Labute approximate surface area is 55.9 Å². The zero-order chi connectivity index (χ0) is 5.15. The van der Waals surface area contributed by atoms with Crippen molar-refractivity contribution >= 4 is 39.1 Å². The molecule has 0 radical (unpaired) electrons. The van der Waals surface area contributed by atoms with Gasteiger partial charge >= 0.3 is 0 Å². The molecular formula is C3H5BrCl2. The maximum absolute atomic E-state index is 5.33. The summed E-state index contributed by atoms with van der Waals surface area (Å²) >= 11 is 13.8. The van der Waals surface area contributed by atoms with Crippen molar-refractivity contribution in [2.24, 2.45) is 0 Å². The molecule has 0 spiro atoms. The highest BCUT2D eigenvalue weighted by Crippen LogP contribution is 2.13. The van der Waals surface area contributed by atoms with E-state index in [1.807, 2.05) is 6.92 Å². The molecule has 6 heavy (non-hydrogen) atoms. The molecule has 0 aliphatic heterocycles. The molecule has 0 aromatic carbocycles. The first-order valence-electron chi connectivity index (χ1n) is 1.57. The Hall–Kier alpha value is 1.06. The lowest BCUT2D eigenvalue weighted by molar-refractivity contribution is 1.08. The Morgan fingerprint density at radius 2 is 1.67 bits per heavy atom. The minimum Gasteiger partial charge on any atom is -0.104 e. The van der Waals surface area contributed by atoms with Crippen LogP contribution in [0.3, 0.4) is 0 Å². The van der Waals surface area contributed by atoms with Crippen molar-refractivity contribution in [2.45, 2.75) is 16.6 Å². The third-order valence-electron chi connectivity index (χ3n) is 0.347. The monoisotopic (exact) mass is 190 g/mol. The fourth-order valence-electron chi connectivity index (χ4n) is 0. The van der Waals surface area contributed by atoms with Crippen LogP contribution in [0, 0.1) is 0 Å². The van der Waals surface area contributed by atoms with Gasteiger partial charge < -0.3 is 0 Å². The summed E-state index contributed by atoms with van der Waals surface area (Å²) < 4.78 is 0. The summed E-state index contributed by atoms with van der Waals surface area (Å²) in [6, 6.07) is 0. The van der Waals surface area contributed by atoms with E-state index in [2.05, 4.69) is 15.9 Å². The fourth-order valence-corrected chi connectivity index (χ4v) is 0. The number of rotatable bonds is 1. The summed E-state index contributed by atoms with van der Waals surface area (Å²) in [6.45, 7) is 1.89. The highest BCUT2D eigenvalue weighted by Gasteiger charge is 2.03. The molecule has 0 rings (SSSR count). The Kier molecular flexibility index (Phi) is 3.66. The Balaban J connectivity index is 2.99. The van der Waals surface area contributed by atoms with Gasteiger partial charge in [0.2, 0.25) is 0 Å². The third kappa shape index (κ3) is 3.26. The molecule has 0 saturated heterocycles. The zero-order valence-corrected chi connectivity index (χ0v) is 6.39. The number of hydrogen-bond donors (Lipinski definition) is 0. The highest BCUT2D eigenvalue weighted by molar-refractivity contribution is 9.09. The standard InChI is InChI=1S/C3H5BrCl2/c1-2(4)3(5)6/h2-3H,1H3. The molecule has 0 aliphatic rings. The van der Waals surface area contributed by atoms with E-state index in [1.54, 1.807) is 0 Å². The second kappa shape index (κ2) is 3.11. The molecule has 0 amide bonds. The molecule has 3 heteroatoms. The summed E-state index contributed by atoms with van der Waals surface area (Å²) in [7, 11) is 0. The van der Waals surface area contributed by atoms with Crippen molar-refractivity contribution in [2.75, 3.05) is 0 Å². The highest BCUT2D eigenvalue weighted by atomic mass is 79.9. The minimum absolute atomic E-state index is 0.195. The largest absolute Gasteiger partial charge is 0.120 e. The van der Waals surface area contributed by atoms with Crippen molar-refractivity contribution in [3.8, 4) is 0 Å². The van der Waals surface area contributed by atoms with Gasteiger partial charge in [-0.25, -0.2) is 0 Å². The van der Waals surface area contributed by atoms with Gasteiger partial charge in [0.25, 0.3) is 0 Å². The van der Waals surface area contributed by atoms with Crippen molar-refractivity contribution < 1.29 is 0 Å². The Morgan fingerprint density at radius 3 is 1.67 bits per heavy atom. The predicted molar refractivity (Wildman–Crippen MR) is 33.9 cm³/mol. The zero-order valence-electron chi connectivity index (χ0n) is 3.29. The van der Waals surface area contributed by atoms with Crippen LogP contribution in [0.2, 0.25) is 0 Å². The van der Waals surface area contributed by atoms with Crippen molar-refractivity contribution in [3.63, 3.8) is 0 Å². The van der Waals surface area contributed by atoms with Crippen molar-refractivity contribution in [1.29, 1.82) is 0 Å². The number of alkyl halides is 3. The third-order valence-corrected chi connectivity index (χ3v) is 2.24. The van der Waals surface area contributed by atoms with E-state index in [4.69, 9.17) is 23.2 Å². The smallest absolute Gasteiger partial charge is 0.104 e. The van der Waals surface area contributed by atoms with Gasteiger partial charge in [-0.2, -0.15) is 0 Å². The first-order chi connectivity index (χ1) is 2.64. The van der Waals surface area contributed by atoms with E-state index in [-0.39, 0.29) is 9.66 Å². The summed E-state index contributed by atoms with van der Waals surface area (Å²) in [4.78, 5) is -0.0918. The molecule has 0 N–H and O–H groups in total. The predicted octanol–water partition coefficient (Wildman–Crippen LogP) is 2.57. The normalized spacial score (nSPS) is 15.5. The molecule has 0 aromatic rings. The molecule has 38 valence electrons. The number of halogens is 3. The summed E-state index contributed by atoms with van der Waals surface area (Å²) in [5.74, 6) is 0. The van der Waals surface area contributed by atoms with Crippen molar-refractivity contribution in [3.05, 3.63) is 0 Å². The molecule has 0 aromatic heterocycles. The van der Waals surface area contributed by atoms with Gasteiger partial charge in [0.1, 0.15) is 4.84 Å². The van der Waals surface area contributed by atoms with Gasteiger partial charge in [-0.15, -0.1) is 23.2 Å². The van der Waals surface area contributed by atoms with Crippen molar-refractivity contribution in [1.82, 2.24) is 0 Å². The van der Waals surface area contributed by atoms with Gasteiger partial charge in [0, 0.05) is 4.83 Å². The van der Waals surface area contributed by atoms with E-state index in [9.17, 15) is 0 Å². The van der Waals surface area contributed by atoms with Gasteiger partial charge in [0.15, 0.2) is 0 Å². The number of hydrogen-bond acceptors (Lipinski definition) is 0. The Morgan fingerprint density at radius 1 is 1.50 bits per heavy atom. The van der Waals surface area contributed by atoms with E-state index >= 15 is 0 Å². The van der Waals surface area contributed by atoms with Crippen LogP contribution < -0.4 is 0 Å². The van der Waals surface area contributed by atoms with Crippen LogP contribution in [0.15, 0.2) is 0 Å². The lowest BCUT2D eigenvalue weighted by Crippen LogP contribution is -1.99. The van der Waals surface area contributed by atoms with E-state index in [1.165, 1.54) is 0 Å². The average molecular weight is 192 g/mol. The fraction of sp³-hybridized carbons (Fsp3) is 1.00. The van der Waals surface area contributed by atoms with Crippen LogP contribution in [0.4, 0.5) is 0 Å². The average Bonchev–Trinajstić information content (AvgIpc) is 1.36. The van der Waals surface area contributed by atoms with Gasteiger partial charge in [-0.05, 0) is 0 Å².